The third-order valence-corrected chi connectivity index (χ3v) is 3.77. The van der Waals surface area contributed by atoms with E-state index < -0.39 is 24.0 Å². The van der Waals surface area contributed by atoms with Gasteiger partial charge >= 0.3 is 5.97 Å². The van der Waals surface area contributed by atoms with E-state index in [0.29, 0.717) is 6.42 Å². The predicted octanol–water partition coefficient (Wildman–Crippen LogP) is 2.39. The Kier molecular flexibility index (Phi) is 14.3. The van der Waals surface area contributed by atoms with Crippen LogP contribution < -0.4 is 5.32 Å². The van der Waals surface area contributed by atoms with Crippen LogP contribution in [-0.4, -0.2) is 45.9 Å². The fraction of sp³-hybridized carbons (Fsp3) is 0.778. The highest BCUT2D eigenvalue weighted by Gasteiger charge is 2.20. The Balaban J connectivity index is 3.74. The molecular formula is C18H33NO5. The molecule has 0 aromatic rings. The summed E-state index contributed by atoms with van der Waals surface area (Å²) >= 11 is 0. The number of aliphatic hydroxyl groups excluding tert-OH is 2. The summed E-state index contributed by atoms with van der Waals surface area (Å²) in [7, 11) is 0. The van der Waals surface area contributed by atoms with Crippen LogP contribution in [0.2, 0.25) is 0 Å². The molecule has 0 saturated heterocycles. The molecule has 0 aliphatic carbocycles. The van der Waals surface area contributed by atoms with E-state index in [1.807, 2.05) is 0 Å². The summed E-state index contributed by atoms with van der Waals surface area (Å²) in [5.74, 6) is -1.68. The van der Waals surface area contributed by atoms with Crippen molar-refractivity contribution in [3.8, 4) is 0 Å². The molecule has 2 atom stereocenters. The van der Waals surface area contributed by atoms with Crippen molar-refractivity contribution < 1.29 is 24.9 Å². The molecule has 0 radical (unpaired) electrons. The highest BCUT2D eigenvalue weighted by Crippen LogP contribution is 2.09. The average Bonchev–Trinajstić information content (AvgIpc) is 2.52. The molecule has 6 nitrogen and oxygen atoms in total. The van der Waals surface area contributed by atoms with Gasteiger partial charge in [0.1, 0.15) is 6.04 Å². The molecule has 0 saturated carbocycles. The standard InChI is InChI=1S/C18H33NO5/c1-2-3-4-5-6-7-8-9-10-11-15(21)14-17(22)19-16(12-13-20)18(23)24/h5-6,15-16,20-21H,2-4,7-14H2,1H3,(H,19,22)(H,23,24)/t15?,16-/m0/s1. The van der Waals surface area contributed by atoms with Gasteiger partial charge in [-0.15, -0.1) is 0 Å². The second-order valence-electron chi connectivity index (χ2n) is 6.08. The zero-order valence-electron chi connectivity index (χ0n) is 14.7. The van der Waals surface area contributed by atoms with Gasteiger partial charge in [-0.05, 0) is 25.7 Å². The molecule has 6 heteroatoms. The van der Waals surface area contributed by atoms with Gasteiger partial charge in [0.2, 0.25) is 5.91 Å². The fourth-order valence-corrected chi connectivity index (χ4v) is 2.33. The first-order chi connectivity index (χ1) is 11.5. The normalized spacial score (nSPS) is 13.8. The van der Waals surface area contributed by atoms with Crippen molar-refractivity contribution in [2.24, 2.45) is 0 Å². The van der Waals surface area contributed by atoms with Crippen molar-refractivity contribution in [1.29, 1.82) is 0 Å². The van der Waals surface area contributed by atoms with Crippen LogP contribution in [0, 0.1) is 0 Å². The number of hydrogen-bond donors (Lipinski definition) is 4. The van der Waals surface area contributed by atoms with E-state index in [-0.39, 0.29) is 19.4 Å². The van der Waals surface area contributed by atoms with E-state index >= 15 is 0 Å². The number of carboxylic acids is 1. The first kappa shape index (κ1) is 22.6. The second kappa shape index (κ2) is 15.1. The number of aliphatic carboxylic acids is 1. The molecule has 0 fully saturated rings. The van der Waals surface area contributed by atoms with Crippen LogP contribution >= 0.6 is 0 Å². The Morgan fingerprint density at radius 3 is 2.29 bits per heavy atom. The van der Waals surface area contributed by atoms with Crippen molar-refractivity contribution in [3.63, 3.8) is 0 Å². The Morgan fingerprint density at radius 1 is 1.04 bits per heavy atom. The molecule has 1 unspecified atom stereocenters. The number of amides is 1. The van der Waals surface area contributed by atoms with Crippen molar-refractivity contribution in [2.45, 2.75) is 83.3 Å². The van der Waals surface area contributed by atoms with Crippen molar-refractivity contribution in [2.75, 3.05) is 6.61 Å². The van der Waals surface area contributed by atoms with E-state index in [1.165, 1.54) is 12.8 Å². The van der Waals surface area contributed by atoms with Gasteiger partial charge in [0.25, 0.3) is 0 Å². The Morgan fingerprint density at radius 2 is 1.71 bits per heavy atom. The van der Waals surface area contributed by atoms with E-state index in [1.54, 1.807) is 0 Å². The molecule has 0 aromatic carbocycles. The summed E-state index contributed by atoms with van der Waals surface area (Å²) in [6.45, 7) is 1.86. The van der Waals surface area contributed by atoms with E-state index in [0.717, 1.165) is 32.1 Å². The summed E-state index contributed by atoms with van der Waals surface area (Å²) in [5, 5.41) is 29.8. The largest absolute Gasteiger partial charge is 0.480 e. The van der Waals surface area contributed by atoms with Crippen molar-refractivity contribution >= 4 is 11.9 Å². The Hall–Kier alpha value is -1.40. The highest BCUT2D eigenvalue weighted by atomic mass is 16.4. The van der Waals surface area contributed by atoms with Crippen LogP contribution in [0.15, 0.2) is 12.2 Å². The van der Waals surface area contributed by atoms with Crippen LogP contribution in [0.5, 0.6) is 0 Å². The first-order valence-corrected chi connectivity index (χ1v) is 8.97. The lowest BCUT2D eigenvalue weighted by molar-refractivity contribution is -0.142. The minimum atomic E-state index is -1.18. The molecule has 0 aromatic heterocycles. The lowest BCUT2D eigenvalue weighted by atomic mass is 10.1. The molecule has 0 rings (SSSR count). The first-order valence-electron chi connectivity index (χ1n) is 8.97. The molecule has 0 bridgehead atoms. The average molecular weight is 343 g/mol. The van der Waals surface area contributed by atoms with Gasteiger partial charge in [0.05, 0.1) is 12.5 Å². The zero-order chi connectivity index (χ0) is 18.2. The number of unbranched alkanes of at least 4 members (excludes halogenated alkanes) is 5. The van der Waals surface area contributed by atoms with Gasteiger partial charge in [0, 0.05) is 13.0 Å². The summed E-state index contributed by atoms with van der Waals surface area (Å²) in [6.07, 6.45) is 11.6. The summed E-state index contributed by atoms with van der Waals surface area (Å²) in [6, 6.07) is -1.10. The molecule has 1 amide bonds. The van der Waals surface area contributed by atoms with Gasteiger partial charge in [0.15, 0.2) is 0 Å². The molecule has 4 N–H and O–H groups in total. The number of nitrogens with one attached hydrogen (secondary N) is 1. The highest BCUT2D eigenvalue weighted by molar-refractivity contribution is 5.83. The molecule has 0 aliphatic rings. The molecule has 24 heavy (non-hydrogen) atoms. The van der Waals surface area contributed by atoms with Crippen LogP contribution in [0.1, 0.15) is 71.1 Å². The summed E-state index contributed by atoms with van der Waals surface area (Å²) in [5.41, 5.74) is 0. The SMILES string of the molecule is CCCCC=CCCCCCC(O)CC(=O)N[C@@H](CCO)C(=O)O. The molecule has 0 heterocycles. The quantitative estimate of drug-likeness (QED) is 0.270. The minimum absolute atomic E-state index is 0.0387. The van der Waals surface area contributed by atoms with Crippen LogP contribution in [0.3, 0.4) is 0 Å². The topological polar surface area (TPSA) is 107 Å². The summed E-state index contributed by atoms with van der Waals surface area (Å²) in [4.78, 5) is 22.6. The molecule has 0 spiro atoms. The molecule has 0 aliphatic heterocycles. The maximum atomic E-state index is 11.7. The number of allylic oxidation sites excluding steroid dienone is 2. The third kappa shape index (κ3) is 13.1. The third-order valence-electron chi connectivity index (χ3n) is 3.77. The van der Waals surface area contributed by atoms with Crippen LogP contribution in [0.25, 0.3) is 0 Å². The number of carbonyl (C=O) groups is 2. The van der Waals surface area contributed by atoms with Gasteiger partial charge in [-0.1, -0.05) is 44.8 Å². The number of rotatable bonds is 15. The minimum Gasteiger partial charge on any atom is -0.480 e. The maximum Gasteiger partial charge on any atom is 0.326 e. The Labute approximate surface area is 145 Å². The van der Waals surface area contributed by atoms with Crippen LogP contribution in [-0.2, 0) is 9.59 Å². The number of hydrogen-bond acceptors (Lipinski definition) is 4. The monoisotopic (exact) mass is 343 g/mol. The van der Waals surface area contributed by atoms with E-state index in [9.17, 15) is 14.7 Å². The smallest absolute Gasteiger partial charge is 0.326 e. The van der Waals surface area contributed by atoms with E-state index in [4.69, 9.17) is 10.2 Å². The van der Waals surface area contributed by atoms with Gasteiger partial charge < -0.3 is 20.6 Å². The maximum absolute atomic E-state index is 11.7. The number of aliphatic hydroxyl groups is 2. The van der Waals surface area contributed by atoms with Crippen molar-refractivity contribution in [3.05, 3.63) is 12.2 Å². The zero-order valence-corrected chi connectivity index (χ0v) is 14.7. The lowest BCUT2D eigenvalue weighted by Gasteiger charge is -2.15. The van der Waals surface area contributed by atoms with E-state index in [2.05, 4.69) is 24.4 Å². The molecular weight excluding hydrogens is 310 g/mol. The predicted molar refractivity (Wildman–Crippen MR) is 93.6 cm³/mol. The van der Waals surface area contributed by atoms with Gasteiger partial charge in [-0.2, -0.15) is 0 Å². The number of carbonyl (C=O) groups excluding carboxylic acids is 1. The molecule has 140 valence electrons. The second-order valence-corrected chi connectivity index (χ2v) is 6.08. The van der Waals surface area contributed by atoms with Crippen LogP contribution in [0.4, 0.5) is 0 Å². The van der Waals surface area contributed by atoms with Gasteiger partial charge in [-0.25, -0.2) is 4.79 Å². The summed E-state index contributed by atoms with van der Waals surface area (Å²) < 4.78 is 0. The number of carboxylic acid groups (broad SMARTS) is 1. The van der Waals surface area contributed by atoms with Gasteiger partial charge in [-0.3, -0.25) is 4.79 Å². The fourth-order valence-electron chi connectivity index (χ4n) is 2.33. The lowest BCUT2D eigenvalue weighted by Crippen LogP contribution is -2.42. The van der Waals surface area contributed by atoms with Crippen molar-refractivity contribution in [1.82, 2.24) is 5.32 Å². The Bertz CT molecular complexity index is 370.